The lowest BCUT2D eigenvalue weighted by molar-refractivity contribution is -0.132. The number of nitrogens with zero attached hydrogens (tertiary/aromatic N) is 3. The van der Waals surface area contributed by atoms with Crippen molar-refractivity contribution < 1.29 is 19.5 Å². The summed E-state index contributed by atoms with van der Waals surface area (Å²) in [6, 6.07) is 17.3. The van der Waals surface area contributed by atoms with Gasteiger partial charge < -0.3 is 30.5 Å². The van der Waals surface area contributed by atoms with Crippen molar-refractivity contribution in [2.24, 2.45) is 0 Å². The summed E-state index contributed by atoms with van der Waals surface area (Å²) in [5.74, 6) is -1.18. The minimum absolute atomic E-state index is 0. The number of halogens is 2. The van der Waals surface area contributed by atoms with Gasteiger partial charge in [0.25, 0.3) is 17.4 Å². The summed E-state index contributed by atoms with van der Waals surface area (Å²) in [4.78, 5) is 57.0. The minimum Gasteiger partial charge on any atom is -0.506 e. The molecule has 0 unspecified atom stereocenters. The molecule has 0 bridgehead atoms. The first-order valence-electron chi connectivity index (χ1n) is 13.1. The van der Waals surface area contributed by atoms with Crippen molar-refractivity contribution in [3.63, 3.8) is 0 Å². The number of piperazine rings is 1. The van der Waals surface area contributed by atoms with Gasteiger partial charge in [0.1, 0.15) is 11.6 Å². The molecule has 1 fully saturated rings. The predicted molar refractivity (Wildman–Crippen MR) is 166 cm³/mol. The van der Waals surface area contributed by atoms with Gasteiger partial charge in [-0.1, -0.05) is 29.8 Å². The van der Waals surface area contributed by atoms with Gasteiger partial charge in [0.15, 0.2) is 0 Å². The van der Waals surface area contributed by atoms with Gasteiger partial charge in [-0.05, 0) is 54.1 Å². The molecule has 0 saturated carbocycles. The van der Waals surface area contributed by atoms with Gasteiger partial charge in [-0.3, -0.25) is 19.2 Å². The maximum absolute atomic E-state index is 13.2. The topological polar surface area (TPSA) is 146 Å². The second-order valence-corrected chi connectivity index (χ2v) is 9.96. The zero-order valence-corrected chi connectivity index (χ0v) is 24.3. The Kier molecular flexibility index (Phi) is 10.1. The number of phenols is 1. The standard InChI is InChI=1S/C30H27ClN6O5.ClH/c31-21-10-11-25(33-17-21)34-29(41)23-3-1-5-24(38)27(23)35-28(40)20-8-6-19(7-9-20)22-4-2-13-37(30(22)42)16-15-36-14-12-32-18-26(36)39;/h1-11,13,17,32,38H,12,14-16,18H2,(H,35,40)(H,33,34,41);1H. The van der Waals surface area contributed by atoms with Gasteiger partial charge in [0.05, 0.1) is 22.8 Å². The average Bonchev–Trinajstić information content (AvgIpc) is 2.99. The summed E-state index contributed by atoms with van der Waals surface area (Å²) in [6.45, 7) is 2.42. The molecule has 1 aliphatic rings. The number of benzene rings is 2. The number of aromatic hydroxyl groups is 1. The van der Waals surface area contributed by atoms with Gasteiger partial charge in [-0.15, -0.1) is 12.4 Å². The number of carbonyl (C=O) groups is 3. The van der Waals surface area contributed by atoms with E-state index in [-0.39, 0.29) is 52.3 Å². The number of phenolic OH excluding ortho intramolecular Hbond substituents is 1. The van der Waals surface area contributed by atoms with Gasteiger partial charge in [-0.25, -0.2) is 4.98 Å². The Bertz CT molecular complexity index is 1690. The first-order valence-corrected chi connectivity index (χ1v) is 13.5. The van der Waals surface area contributed by atoms with Crippen molar-refractivity contribution in [3.8, 4) is 16.9 Å². The Morgan fingerprint density at radius 3 is 2.47 bits per heavy atom. The summed E-state index contributed by atoms with van der Waals surface area (Å²) in [7, 11) is 0. The molecule has 222 valence electrons. The van der Waals surface area contributed by atoms with E-state index in [1.54, 1.807) is 58.1 Å². The number of pyridine rings is 2. The molecule has 2 aromatic carbocycles. The highest BCUT2D eigenvalue weighted by Crippen LogP contribution is 2.29. The van der Waals surface area contributed by atoms with E-state index >= 15 is 0 Å². The SMILES string of the molecule is Cl.O=C(Nc1c(O)cccc1C(=O)Nc1ccc(Cl)cn1)c1ccc(-c2cccn(CCN3CCNCC3=O)c2=O)cc1. The zero-order chi connectivity index (χ0) is 29.6. The van der Waals surface area contributed by atoms with Crippen LogP contribution in [-0.4, -0.2) is 63.5 Å². The molecule has 3 heterocycles. The molecule has 0 aliphatic carbocycles. The number of nitrogens with one attached hydrogen (secondary N) is 3. The molecule has 2 aromatic heterocycles. The van der Waals surface area contributed by atoms with Crippen molar-refractivity contribution >= 4 is 53.2 Å². The van der Waals surface area contributed by atoms with Crippen LogP contribution in [0.2, 0.25) is 5.02 Å². The van der Waals surface area contributed by atoms with Crippen LogP contribution >= 0.6 is 24.0 Å². The Balaban J connectivity index is 0.00000423. The lowest BCUT2D eigenvalue weighted by Gasteiger charge is -2.27. The van der Waals surface area contributed by atoms with Crippen LogP contribution in [0.1, 0.15) is 20.7 Å². The van der Waals surface area contributed by atoms with Gasteiger partial charge >= 0.3 is 0 Å². The van der Waals surface area contributed by atoms with Crippen LogP contribution < -0.4 is 21.5 Å². The monoisotopic (exact) mass is 622 g/mol. The second-order valence-electron chi connectivity index (χ2n) is 9.52. The van der Waals surface area contributed by atoms with Crippen LogP contribution in [0, 0.1) is 0 Å². The second kappa shape index (κ2) is 14.0. The Morgan fingerprint density at radius 1 is 0.953 bits per heavy atom. The normalized spacial score (nSPS) is 12.8. The molecule has 43 heavy (non-hydrogen) atoms. The number of rotatable bonds is 8. The molecular formula is C30H28Cl2N6O5. The Hall–Kier alpha value is -4.71. The highest BCUT2D eigenvalue weighted by atomic mass is 35.5. The highest BCUT2D eigenvalue weighted by molar-refractivity contribution is 6.30. The fourth-order valence-corrected chi connectivity index (χ4v) is 4.64. The highest BCUT2D eigenvalue weighted by Gasteiger charge is 2.20. The Morgan fingerprint density at radius 2 is 1.74 bits per heavy atom. The van der Waals surface area contributed by atoms with Crippen molar-refractivity contribution in [3.05, 3.63) is 106 Å². The molecule has 0 spiro atoms. The van der Waals surface area contributed by atoms with Crippen molar-refractivity contribution in [1.82, 2.24) is 19.8 Å². The molecule has 0 atom stereocenters. The number of anilines is 2. The molecular weight excluding hydrogens is 595 g/mol. The molecule has 11 nitrogen and oxygen atoms in total. The molecule has 1 saturated heterocycles. The van der Waals surface area contributed by atoms with Crippen LogP contribution in [0.5, 0.6) is 5.75 Å². The summed E-state index contributed by atoms with van der Waals surface area (Å²) in [6.07, 6.45) is 3.07. The fourth-order valence-electron chi connectivity index (χ4n) is 4.52. The maximum Gasteiger partial charge on any atom is 0.259 e. The van der Waals surface area contributed by atoms with Crippen molar-refractivity contribution in [2.45, 2.75) is 6.54 Å². The summed E-state index contributed by atoms with van der Waals surface area (Å²) >= 11 is 5.84. The van der Waals surface area contributed by atoms with E-state index in [9.17, 15) is 24.3 Å². The molecule has 5 rings (SSSR count). The van der Waals surface area contributed by atoms with Crippen LogP contribution in [0.3, 0.4) is 0 Å². The predicted octanol–water partition coefficient (Wildman–Crippen LogP) is 3.63. The number of para-hydroxylation sites is 1. The molecule has 4 aromatic rings. The smallest absolute Gasteiger partial charge is 0.259 e. The quantitative estimate of drug-likeness (QED) is 0.220. The van der Waals surface area contributed by atoms with Crippen LogP contribution in [0.4, 0.5) is 11.5 Å². The van der Waals surface area contributed by atoms with E-state index in [4.69, 9.17) is 11.6 Å². The number of amides is 3. The largest absolute Gasteiger partial charge is 0.506 e. The molecule has 4 N–H and O–H groups in total. The average molecular weight is 623 g/mol. The first-order chi connectivity index (χ1) is 20.3. The third-order valence-electron chi connectivity index (χ3n) is 6.77. The van der Waals surface area contributed by atoms with Crippen LogP contribution in [0.25, 0.3) is 11.1 Å². The minimum atomic E-state index is -0.590. The maximum atomic E-state index is 13.2. The van der Waals surface area contributed by atoms with E-state index in [1.807, 2.05) is 0 Å². The van der Waals surface area contributed by atoms with E-state index < -0.39 is 11.8 Å². The van der Waals surface area contributed by atoms with E-state index in [1.165, 1.54) is 30.5 Å². The van der Waals surface area contributed by atoms with E-state index in [0.717, 1.165) is 6.54 Å². The van der Waals surface area contributed by atoms with Crippen LogP contribution in [0.15, 0.2) is 83.9 Å². The fraction of sp³-hybridized carbons (Fsp3) is 0.167. The van der Waals surface area contributed by atoms with Gasteiger partial charge in [-0.2, -0.15) is 0 Å². The summed E-state index contributed by atoms with van der Waals surface area (Å²) in [5.41, 5.74) is 1.07. The van der Waals surface area contributed by atoms with E-state index in [2.05, 4.69) is 20.9 Å². The van der Waals surface area contributed by atoms with Crippen molar-refractivity contribution in [2.75, 3.05) is 36.8 Å². The molecule has 1 aliphatic heterocycles. The van der Waals surface area contributed by atoms with Crippen molar-refractivity contribution in [1.29, 1.82) is 0 Å². The van der Waals surface area contributed by atoms with Gasteiger partial charge in [0.2, 0.25) is 5.91 Å². The molecule has 13 heteroatoms. The molecule has 3 amide bonds. The lowest BCUT2D eigenvalue weighted by atomic mass is 10.0. The number of hydrogen-bond acceptors (Lipinski definition) is 7. The molecule has 0 radical (unpaired) electrons. The lowest BCUT2D eigenvalue weighted by Crippen LogP contribution is -2.49. The zero-order valence-electron chi connectivity index (χ0n) is 22.7. The van der Waals surface area contributed by atoms with Gasteiger partial charge in [0, 0.05) is 49.7 Å². The number of aromatic nitrogens is 2. The van der Waals surface area contributed by atoms with Crippen LogP contribution in [-0.2, 0) is 11.3 Å². The number of carbonyl (C=O) groups excluding carboxylic acids is 3. The summed E-state index contributed by atoms with van der Waals surface area (Å²) < 4.78 is 1.57. The Labute approximate surface area is 257 Å². The van der Waals surface area contributed by atoms with E-state index in [0.29, 0.717) is 42.3 Å². The third kappa shape index (κ3) is 7.39. The summed E-state index contributed by atoms with van der Waals surface area (Å²) in [5, 5.41) is 19.1. The third-order valence-corrected chi connectivity index (χ3v) is 6.99. The first kappa shape index (κ1) is 31.2. The number of hydrogen-bond donors (Lipinski definition) is 4.